The van der Waals surface area contributed by atoms with Gasteiger partial charge in [0.25, 0.3) is 5.91 Å². The van der Waals surface area contributed by atoms with Gasteiger partial charge in [-0.1, -0.05) is 19.9 Å². The van der Waals surface area contributed by atoms with Gasteiger partial charge in [-0.25, -0.2) is 4.98 Å². The van der Waals surface area contributed by atoms with Crippen molar-refractivity contribution in [1.29, 1.82) is 0 Å². The number of hydrogen-bond acceptors (Lipinski definition) is 3. The normalized spacial score (nSPS) is 14.4. The van der Waals surface area contributed by atoms with E-state index in [0.29, 0.717) is 6.54 Å². The minimum Gasteiger partial charge on any atom is -0.350 e. The number of hydrogen-bond donors (Lipinski definition) is 1. The fraction of sp³-hybridized carbons (Fsp3) is 0.529. The summed E-state index contributed by atoms with van der Waals surface area (Å²) in [6.07, 6.45) is 2.29. The van der Waals surface area contributed by atoms with Crippen molar-refractivity contribution in [2.45, 2.75) is 39.8 Å². The Balaban J connectivity index is 2.01. The Bertz CT molecular complexity index is 671. The summed E-state index contributed by atoms with van der Waals surface area (Å²) in [5.74, 6) is 1.08. The first-order valence-electron chi connectivity index (χ1n) is 8.23. The number of amides is 1. The van der Waals surface area contributed by atoms with Crippen LogP contribution in [-0.2, 0) is 13.1 Å². The average Bonchev–Trinajstić information content (AvgIpc) is 2.75. The molecule has 0 bridgehead atoms. The van der Waals surface area contributed by atoms with Crippen molar-refractivity contribution in [3.63, 3.8) is 0 Å². The molecule has 1 amide bonds. The first-order valence-corrected chi connectivity index (χ1v) is 8.23. The molecular formula is C17H24N4O. The van der Waals surface area contributed by atoms with E-state index in [2.05, 4.69) is 28.6 Å². The van der Waals surface area contributed by atoms with Gasteiger partial charge < -0.3 is 9.88 Å². The molecule has 1 aliphatic heterocycles. The molecule has 5 heteroatoms. The van der Waals surface area contributed by atoms with Crippen LogP contribution >= 0.6 is 0 Å². The summed E-state index contributed by atoms with van der Waals surface area (Å²) in [4.78, 5) is 19.4. The third kappa shape index (κ3) is 2.73. The van der Waals surface area contributed by atoms with E-state index in [4.69, 9.17) is 4.98 Å². The number of carbonyl (C=O) groups is 1. The van der Waals surface area contributed by atoms with Crippen molar-refractivity contribution in [1.82, 2.24) is 19.8 Å². The number of nitrogens with one attached hydrogen (secondary N) is 1. The van der Waals surface area contributed by atoms with E-state index >= 15 is 0 Å². The van der Waals surface area contributed by atoms with Crippen LogP contribution < -0.4 is 5.32 Å². The highest BCUT2D eigenvalue weighted by atomic mass is 16.1. The zero-order chi connectivity index (χ0) is 15.5. The molecule has 0 aliphatic carbocycles. The summed E-state index contributed by atoms with van der Waals surface area (Å²) >= 11 is 0. The molecule has 1 aliphatic rings. The van der Waals surface area contributed by atoms with E-state index in [9.17, 15) is 4.79 Å². The lowest BCUT2D eigenvalue weighted by Crippen LogP contribution is -2.28. The maximum absolute atomic E-state index is 12.2. The number of nitrogens with zero attached hydrogens (tertiary/aromatic N) is 3. The van der Waals surface area contributed by atoms with Gasteiger partial charge in [-0.05, 0) is 38.1 Å². The number of imidazole rings is 1. The Morgan fingerprint density at radius 2 is 2.05 bits per heavy atom. The molecule has 118 valence electrons. The van der Waals surface area contributed by atoms with Crippen LogP contribution in [0.1, 0.15) is 42.9 Å². The molecule has 0 unspecified atom stereocenters. The lowest BCUT2D eigenvalue weighted by molar-refractivity contribution is 0.0956. The monoisotopic (exact) mass is 300 g/mol. The molecule has 5 nitrogen and oxygen atoms in total. The Kier molecular flexibility index (Phi) is 4.43. The van der Waals surface area contributed by atoms with Crippen LogP contribution in [0, 0.1) is 0 Å². The highest BCUT2D eigenvalue weighted by Gasteiger charge is 2.21. The summed E-state index contributed by atoms with van der Waals surface area (Å²) in [6, 6.07) is 5.81. The topological polar surface area (TPSA) is 50.2 Å². The first kappa shape index (κ1) is 15.0. The smallest absolute Gasteiger partial charge is 0.253 e. The third-order valence-corrected chi connectivity index (χ3v) is 4.16. The molecular weight excluding hydrogens is 276 g/mol. The molecule has 0 saturated heterocycles. The van der Waals surface area contributed by atoms with Crippen molar-refractivity contribution in [3.05, 3.63) is 29.6 Å². The van der Waals surface area contributed by atoms with Crippen LogP contribution in [0.5, 0.6) is 0 Å². The van der Waals surface area contributed by atoms with Crippen molar-refractivity contribution < 1.29 is 4.79 Å². The van der Waals surface area contributed by atoms with Gasteiger partial charge in [-0.2, -0.15) is 0 Å². The second kappa shape index (κ2) is 6.48. The quantitative estimate of drug-likeness (QED) is 0.891. The van der Waals surface area contributed by atoms with Crippen LogP contribution in [0.15, 0.2) is 18.2 Å². The zero-order valence-electron chi connectivity index (χ0n) is 13.4. The van der Waals surface area contributed by atoms with Gasteiger partial charge in [0.1, 0.15) is 5.82 Å². The lowest BCUT2D eigenvalue weighted by atomic mass is 10.2. The zero-order valence-corrected chi connectivity index (χ0v) is 13.4. The summed E-state index contributed by atoms with van der Waals surface area (Å²) in [5, 5.41) is 2.97. The summed E-state index contributed by atoms with van der Waals surface area (Å²) in [5.41, 5.74) is 2.66. The molecule has 0 radical (unpaired) electrons. The maximum atomic E-state index is 12.2. The maximum Gasteiger partial charge on any atom is 0.253 e. The third-order valence-electron chi connectivity index (χ3n) is 4.16. The number of para-hydroxylation sites is 1. The Morgan fingerprint density at radius 3 is 2.77 bits per heavy atom. The summed E-state index contributed by atoms with van der Waals surface area (Å²) in [7, 11) is 0. The van der Waals surface area contributed by atoms with E-state index in [0.717, 1.165) is 61.4 Å². The van der Waals surface area contributed by atoms with Crippen LogP contribution in [0.4, 0.5) is 0 Å². The molecule has 1 N–H and O–H groups in total. The van der Waals surface area contributed by atoms with Crippen LogP contribution in [0.2, 0.25) is 0 Å². The van der Waals surface area contributed by atoms with Crippen LogP contribution in [-0.4, -0.2) is 40.0 Å². The molecule has 2 heterocycles. The Morgan fingerprint density at radius 1 is 1.27 bits per heavy atom. The molecule has 0 saturated carbocycles. The number of aromatic nitrogens is 2. The van der Waals surface area contributed by atoms with E-state index in [1.54, 1.807) is 0 Å². The van der Waals surface area contributed by atoms with Crippen LogP contribution in [0.3, 0.4) is 0 Å². The SMILES string of the molecule is CCCN(CCC)Cc1nc2cccc3c2n1CCNC3=O. The van der Waals surface area contributed by atoms with Gasteiger partial charge in [0.05, 0.1) is 23.1 Å². The molecule has 0 fully saturated rings. The van der Waals surface area contributed by atoms with Crippen molar-refractivity contribution in [2.24, 2.45) is 0 Å². The molecule has 22 heavy (non-hydrogen) atoms. The Hall–Kier alpha value is -1.88. The fourth-order valence-corrected chi connectivity index (χ4v) is 3.26. The lowest BCUT2D eigenvalue weighted by Gasteiger charge is -2.21. The van der Waals surface area contributed by atoms with Crippen molar-refractivity contribution >= 4 is 16.9 Å². The predicted molar refractivity (Wildman–Crippen MR) is 87.9 cm³/mol. The highest BCUT2D eigenvalue weighted by molar-refractivity contribution is 6.05. The van der Waals surface area contributed by atoms with E-state index in [1.165, 1.54) is 0 Å². The number of rotatable bonds is 6. The van der Waals surface area contributed by atoms with E-state index < -0.39 is 0 Å². The largest absolute Gasteiger partial charge is 0.350 e. The molecule has 0 atom stereocenters. The van der Waals surface area contributed by atoms with Gasteiger partial charge in [0.2, 0.25) is 0 Å². The van der Waals surface area contributed by atoms with Gasteiger partial charge >= 0.3 is 0 Å². The minimum absolute atomic E-state index is 0.00905. The van der Waals surface area contributed by atoms with Crippen LogP contribution in [0.25, 0.3) is 11.0 Å². The standard InChI is InChI=1S/C17H24N4O/c1-3-9-20(10-4-2)12-15-19-14-7-5-6-13-16(14)21(15)11-8-18-17(13)22/h5-7H,3-4,8-12H2,1-2H3,(H,18,22). The predicted octanol–water partition coefficient (Wildman–Crippen LogP) is 2.40. The summed E-state index contributed by atoms with van der Waals surface area (Å²) < 4.78 is 2.22. The second-order valence-electron chi connectivity index (χ2n) is 5.89. The molecule has 0 spiro atoms. The molecule has 1 aromatic heterocycles. The van der Waals surface area contributed by atoms with Crippen molar-refractivity contribution in [3.8, 4) is 0 Å². The number of carbonyl (C=O) groups excluding carboxylic acids is 1. The summed E-state index contributed by atoms with van der Waals surface area (Å²) in [6.45, 7) is 8.89. The molecule has 2 aromatic rings. The fourth-order valence-electron chi connectivity index (χ4n) is 3.26. The molecule has 1 aromatic carbocycles. The minimum atomic E-state index is 0.00905. The van der Waals surface area contributed by atoms with Gasteiger partial charge in [0, 0.05) is 13.1 Å². The molecule has 3 rings (SSSR count). The van der Waals surface area contributed by atoms with Gasteiger partial charge in [-0.15, -0.1) is 0 Å². The average molecular weight is 300 g/mol. The first-order chi connectivity index (χ1) is 10.7. The van der Waals surface area contributed by atoms with E-state index in [-0.39, 0.29) is 5.91 Å². The van der Waals surface area contributed by atoms with E-state index in [1.807, 2.05) is 18.2 Å². The van der Waals surface area contributed by atoms with Gasteiger partial charge in [-0.3, -0.25) is 9.69 Å². The van der Waals surface area contributed by atoms with Crippen molar-refractivity contribution in [2.75, 3.05) is 19.6 Å². The Labute approximate surface area is 131 Å². The highest BCUT2D eigenvalue weighted by Crippen LogP contribution is 2.23. The van der Waals surface area contributed by atoms with Gasteiger partial charge in [0.15, 0.2) is 0 Å². The number of benzene rings is 1. The second-order valence-corrected chi connectivity index (χ2v) is 5.89.